The van der Waals surface area contributed by atoms with Gasteiger partial charge in [-0.3, -0.25) is 29.1 Å². The quantitative estimate of drug-likeness (QED) is 0.684. The van der Waals surface area contributed by atoms with Crippen LogP contribution < -0.4 is 0 Å². The Bertz CT molecular complexity index is 1160. The van der Waals surface area contributed by atoms with Crippen LogP contribution in [0.25, 0.3) is 0 Å². The molecule has 0 saturated heterocycles. The molecule has 164 valence electrons. The highest BCUT2D eigenvalue weighted by molar-refractivity contribution is 6.24. The summed E-state index contributed by atoms with van der Waals surface area (Å²) in [5, 5.41) is 0. The maximum Gasteiger partial charge on any atom is 0.208 e. The van der Waals surface area contributed by atoms with E-state index in [0.717, 1.165) is 0 Å². The van der Waals surface area contributed by atoms with Crippen molar-refractivity contribution in [1.29, 1.82) is 0 Å². The van der Waals surface area contributed by atoms with Gasteiger partial charge in [0.1, 0.15) is 11.4 Å². The molecule has 2 aromatic rings. The monoisotopic (exact) mass is 432 g/mol. The van der Waals surface area contributed by atoms with Crippen LogP contribution in [0.2, 0.25) is 0 Å². The number of carbonyl (C=O) groups excluding carboxylic acids is 4. The number of hydrogen-bond acceptors (Lipinski definition) is 6. The molecule has 0 aliphatic heterocycles. The number of nitrogens with zero attached hydrogens (tertiary/aromatic N) is 2. The number of Topliss-reactive ketones (excluding diaryl/α,β-unsaturated/α-hetero) is 2. The minimum atomic E-state index is -0.448. The lowest BCUT2D eigenvalue weighted by Crippen LogP contribution is -2.19. The van der Waals surface area contributed by atoms with Crippen molar-refractivity contribution in [3.05, 3.63) is 82.4 Å². The molecular weight excluding hydrogens is 404 g/mol. The molecule has 0 bridgehead atoms. The Morgan fingerprint density at radius 2 is 1.22 bits per heavy atom. The second-order valence-electron chi connectivity index (χ2n) is 8.52. The number of aromatic nitrogens is 2. The number of rotatable bonds is 4. The Labute approximate surface area is 190 Å². The molecule has 0 amide bonds. The Morgan fingerprint density at radius 3 is 1.81 bits per heavy atom. The third kappa shape index (κ3) is 5.02. The average molecular weight is 433 g/mol. The smallest absolute Gasteiger partial charge is 0.208 e. The predicted octanol–water partition coefficient (Wildman–Crippen LogP) is 4.87. The molecule has 0 aromatic carbocycles. The molecule has 0 saturated carbocycles. The van der Waals surface area contributed by atoms with Gasteiger partial charge in [0.05, 0.1) is 13.9 Å². The lowest BCUT2D eigenvalue weighted by molar-refractivity contribution is 0.0975. The Hall–Kier alpha value is -3.54. The molecule has 6 nitrogen and oxygen atoms in total. The lowest BCUT2D eigenvalue weighted by Gasteiger charge is -2.15. The number of pyridine rings is 2. The minimum absolute atomic E-state index is 0.106. The molecule has 2 aromatic heterocycles. The first-order valence-electron chi connectivity index (χ1n) is 11.5. The van der Waals surface area contributed by atoms with Gasteiger partial charge in [0.15, 0.2) is 11.6 Å². The summed E-state index contributed by atoms with van der Waals surface area (Å²) in [6.45, 7) is 7.81. The maximum atomic E-state index is 12.1. The SMILES string of the molecule is [2H]C1=C(CC(C)C)C(=O)c2cccnc2C1=O.[2H]C1=C(CC(C)C)C(=O)c2ncccc2C1=O. The molecule has 2 heterocycles. The Morgan fingerprint density at radius 1 is 0.719 bits per heavy atom. The van der Waals surface area contributed by atoms with Crippen molar-refractivity contribution in [2.45, 2.75) is 40.5 Å². The molecule has 0 unspecified atom stereocenters. The fourth-order valence-corrected chi connectivity index (χ4v) is 3.46. The summed E-state index contributed by atoms with van der Waals surface area (Å²) in [5.74, 6) is -0.891. The molecule has 0 spiro atoms. The molecule has 0 fully saturated rings. The van der Waals surface area contributed by atoms with Crippen LogP contribution in [0, 0.1) is 11.8 Å². The van der Waals surface area contributed by atoms with Crippen molar-refractivity contribution in [2.75, 3.05) is 0 Å². The van der Waals surface area contributed by atoms with E-state index >= 15 is 0 Å². The summed E-state index contributed by atoms with van der Waals surface area (Å²) in [6, 6.07) is 5.99. The summed E-state index contributed by atoms with van der Waals surface area (Å²) in [7, 11) is 0. The highest BCUT2D eigenvalue weighted by Crippen LogP contribution is 2.24. The van der Waals surface area contributed by atoms with Crippen molar-refractivity contribution in [1.82, 2.24) is 9.97 Å². The molecule has 0 radical (unpaired) electrons. The molecule has 0 N–H and O–H groups in total. The van der Waals surface area contributed by atoms with E-state index in [1.807, 2.05) is 27.7 Å². The first kappa shape index (κ1) is 20.4. The largest absolute Gasteiger partial charge is 0.289 e. The number of fused-ring (bicyclic) bond motifs is 2. The zero-order chi connectivity index (χ0) is 25.2. The molecule has 4 rings (SSSR count). The molecule has 2 aliphatic rings. The third-order valence-electron chi connectivity index (χ3n) is 4.84. The lowest BCUT2D eigenvalue weighted by atomic mass is 9.88. The second-order valence-corrected chi connectivity index (χ2v) is 8.52. The molecule has 2 aliphatic carbocycles. The predicted molar refractivity (Wildman–Crippen MR) is 121 cm³/mol. The Balaban J connectivity index is 0.000000191. The zero-order valence-corrected chi connectivity index (χ0v) is 18.6. The van der Waals surface area contributed by atoms with Crippen molar-refractivity contribution in [3.63, 3.8) is 0 Å². The standard InChI is InChI=1S/2C13H13NO2/c1-8(2)6-9-7-11(15)12-10(13(9)16)4-3-5-14-12;1-8(2)6-9-7-11(15)10-4-3-5-14-12(10)13(9)16/h2*3-5,7-8H,6H2,1-2H3/i2*7D. The average Bonchev–Trinajstić information content (AvgIpc) is 2.82. The van der Waals surface area contributed by atoms with Crippen molar-refractivity contribution < 1.29 is 21.9 Å². The molecule has 6 heteroatoms. The second kappa shape index (κ2) is 9.73. The number of carbonyl (C=O) groups is 4. The highest BCUT2D eigenvalue weighted by atomic mass is 16.1. The number of hydrogen-bond donors (Lipinski definition) is 0. The summed E-state index contributed by atoms with van der Waals surface area (Å²) < 4.78 is 15.5. The first-order valence-corrected chi connectivity index (χ1v) is 10.5. The maximum absolute atomic E-state index is 12.1. The van der Waals surface area contributed by atoms with E-state index in [2.05, 4.69) is 9.97 Å². The number of ketones is 4. The van der Waals surface area contributed by atoms with Gasteiger partial charge in [-0.15, -0.1) is 0 Å². The van der Waals surface area contributed by atoms with Crippen LogP contribution in [0.1, 0.15) is 85.0 Å². The van der Waals surface area contributed by atoms with Crippen molar-refractivity contribution in [3.8, 4) is 0 Å². The van der Waals surface area contributed by atoms with Gasteiger partial charge in [0.2, 0.25) is 11.6 Å². The summed E-state index contributed by atoms with van der Waals surface area (Å²) in [4.78, 5) is 55.9. The van der Waals surface area contributed by atoms with Crippen LogP contribution in [-0.2, 0) is 0 Å². The van der Waals surface area contributed by atoms with Gasteiger partial charge in [-0.1, -0.05) is 27.7 Å². The third-order valence-corrected chi connectivity index (χ3v) is 4.84. The summed E-state index contributed by atoms with van der Waals surface area (Å²) in [5.41, 5.74) is 1.46. The van der Waals surface area contributed by atoms with Gasteiger partial charge in [0.25, 0.3) is 0 Å². The van der Waals surface area contributed by atoms with E-state index in [4.69, 9.17) is 2.74 Å². The Kier molecular flexibility index (Phi) is 6.19. The highest BCUT2D eigenvalue weighted by Gasteiger charge is 2.27. The molecule has 0 atom stereocenters. The van der Waals surface area contributed by atoms with E-state index in [1.165, 1.54) is 12.4 Å². The van der Waals surface area contributed by atoms with Crippen LogP contribution in [0.3, 0.4) is 0 Å². The van der Waals surface area contributed by atoms with Crippen molar-refractivity contribution >= 4 is 23.1 Å². The fraction of sp³-hybridized carbons (Fsp3) is 0.308. The summed E-state index contributed by atoms with van der Waals surface area (Å²) in [6.07, 6.45) is 3.86. The van der Waals surface area contributed by atoms with Gasteiger partial charge >= 0.3 is 0 Å². The van der Waals surface area contributed by atoms with Crippen LogP contribution >= 0.6 is 0 Å². The van der Waals surface area contributed by atoms with E-state index in [1.54, 1.807) is 24.3 Å². The summed E-state index contributed by atoms with van der Waals surface area (Å²) >= 11 is 0. The van der Waals surface area contributed by atoms with Crippen molar-refractivity contribution in [2.24, 2.45) is 11.8 Å². The van der Waals surface area contributed by atoms with E-state index in [-0.39, 0.29) is 58.0 Å². The fourth-order valence-electron chi connectivity index (χ4n) is 3.46. The zero-order valence-electron chi connectivity index (χ0n) is 20.6. The van der Waals surface area contributed by atoms with Crippen LogP contribution in [0.4, 0.5) is 0 Å². The van der Waals surface area contributed by atoms with E-state index in [0.29, 0.717) is 24.0 Å². The first-order chi connectivity index (χ1) is 16.0. The normalized spacial score (nSPS) is 16.6. The van der Waals surface area contributed by atoms with Gasteiger partial charge in [-0.05, 0) is 61.0 Å². The van der Waals surface area contributed by atoms with Crippen LogP contribution in [-0.4, -0.2) is 33.1 Å². The van der Waals surface area contributed by atoms with E-state index in [9.17, 15) is 19.2 Å². The van der Waals surface area contributed by atoms with Crippen LogP contribution in [0.5, 0.6) is 0 Å². The minimum Gasteiger partial charge on any atom is -0.289 e. The topological polar surface area (TPSA) is 94.1 Å². The van der Waals surface area contributed by atoms with Gasteiger partial charge < -0.3 is 0 Å². The molecule has 32 heavy (non-hydrogen) atoms. The van der Waals surface area contributed by atoms with Gasteiger partial charge in [-0.25, -0.2) is 0 Å². The van der Waals surface area contributed by atoms with Crippen LogP contribution in [0.15, 0.2) is 59.9 Å². The van der Waals surface area contributed by atoms with Gasteiger partial charge in [-0.2, -0.15) is 0 Å². The number of allylic oxidation sites excluding steroid dienone is 4. The molecular formula is C26H26N2O4. The van der Waals surface area contributed by atoms with Gasteiger partial charge in [0, 0.05) is 23.5 Å². The van der Waals surface area contributed by atoms with E-state index < -0.39 is 11.6 Å².